The van der Waals surface area contributed by atoms with Crippen molar-refractivity contribution in [2.45, 2.75) is 51.4 Å². The van der Waals surface area contributed by atoms with Gasteiger partial charge in [0.1, 0.15) is 18.0 Å². The molecule has 1 fully saturated rings. The number of rotatable bonds is 7. The van der Waals surface area contributed by atoms with Gasteiger partial charge in [0.05, 0.1) is 6.04 Å². The van der Waals surface area contributed by atoms with Gasteiger partial charge in [-0.2, -0.15) is 17.0 Å². The smallest absolute Gasteiger partial charge is 0.282 e. The third-order valence-corrected chi connectivity index (χ3v) is 6.82. The van der Waals surface area contributed by atoms with E-state index in [1.54, 1.807) is 7.05 Å². The first kappa shape index (κ1) is 19.2. The summed E-state index contributed by atoms with van der Waals surface area (Å²) in [7, 11) is -2.03. The first-order chi connectivity index (χ1) is 11.4. The third kappa shape index (κ3) is 4.08. The fourth-order valence-electron chi connectivity index (χ4n) is 3.22. The molecule has 136 valence electrons. The molecular weight excluding hydrogens is 328 g/mol. The van der Waals surface area contributed by atoms with Gasteiger partial charge in [0.2, 0.25) is 0 Å². The van der Waals surface area contributed by atoms with Gasteiger partial charge in [0.15, 0.2) is 0 Å². The van der Waals surface area contributed by atoms with E-state index in [9.17, 15) is 13.5 Å². The number of hydrogen-bond acceptors (Lipinski definition) is 4. The molecule has 0 heterocycles. The monoisotopic (exact) mass is 356 g/mol. The quantitative estimate of drug-likeness (QED) is 0.810. The molecule has 1 aliphatic rings. The highest BCUT2D eigenvalue weighted by Gasteiger charge is 2.41. The maximum atomic E-state index is 12.7. The molecule has 0 saturated heterocycles. The van der Waals surface area contributed by atoms with E-state index < -0.39 is 28.5 Å². The molecule has 6 nitrogen and oxygen atoms in total. The minimum Gasteiger partial charge on any atom is -0.488 e. The first-order valence-corrected chi connectivity index (χ1v) is 9.94. The largest absolute Gasteiger partial charge is 0.488 e. The van der Waals surface area contributed by atoms with Gasteiger partial charge in [-0.25, -0.2) is 0 Å². The molecule has 0 unspecified atom stereocenters. The van der Waals surface area contributed by atoms with Crippen LogP contribution in [0.3, 0.4) is 0 Å². The summed E-state index contributed by atoms with van der Waals surface area (Å²) < 4.78 is 34.0. The van der Waals surface area contributed by atoms with Crippen LogP contribution in [0.1, 0.15) is 33.1 Å². The minimum atomic E-state index is -3.58. The van der Waals surface area contributed by atoms with Gasteiger partial charge in [-0.3, -0.25) is 0 Å². The lowest BCUT2D eigenvalue weighted by atomic mass is 9.90. The van der Waals surface area contributed by atoms with Gasteiger partial charge >= 0.3 is 0 Å². The number of nitrogens with zero attached hydrogens (tertiary/aromatic N) is 2. The Balaban J connectivity index is 2.12. The molecule has 0 bridgehead atoms. The normalized spacial score (nSPS) is 25.2. The lowest BCUT2D eigenvalue weighted by Gasteiger charge is -2.40. The van der Waals surface area contributed by atoms with E-state index in [1.165, 1.54) is 8.61 Å². The van der Waals surface area contributed by atoms with E-state index in [0.29, 0.717) is 31.7 Å². The molecule has 0 amide bonds. The summed E-state index contributed by atoms with van der Waals surface area (Å²) in [6.07, 6.45) is 0.908. The summed E-state index contributed by atoms with van der Waals surface area (Å²) in [5, 5.41) is 10.7. The summed E-state index contributed by atoms with van der Waals surface area (Å²) in [6.45, 7) is 4.45. The topological polar surface area (TPSA) is 70.1 Å². The van der Waals surface area contributed by atoms with Crippen LogP contribution in [0.25, 0.3) is 0 Å². The maximum Gasteiger partial charge on any atom is 0.282 e. The number of aliphatic hydroxyl groups is 1. The van der Waals surface area contributed by atoms with Crippen molar-refractivity contribution >= 4 is 10.2 Å². The van der Waals surface area contributed by atoms with Crippen LogP contribution >= 0.6 is 0 Å². The molecule has 1 saturated carbocycles. The van der Waals surface area contributed by atoms with Crippen LogP contribution in [-0.4, -0.2) is 60.5 Å². The number of benzene rings is 1. The molecule has 0 spiro atoms. The molecule has 0 radical (unpaired) electrons. The fourth-order valence-corrected chi connectivity index (χ4v) is 4.81. The fraction of sp³-hybridized carbons (Fsp3) is 0.647. The van der Waals surface area contributed by atoms with Crippen molar-refractivity contribution in [3.8, 4) is 5.75 Å². The zero-order chi connectivity index (χ0) is 17.7. The lowest BCUT2D eigenvalue weighted by Crippen LogP contribution is -2.56. The third-order valence-electron chi connectivity index (χ3n) is 4.66. The lowest BCUT2D eigenvalue weighted by molar-refractivity contribution is -0.0313. The zero-order valence-electron chi connectivity index (χ0n) is 14.6. The molecule has 1 N–H and O–H groups in total. The van der Waals surface area contributed by atoms with Crippen LogP contribution in [-0.2, 0) is 10.2 Å². The van der Waals surface area contributed by atoms with E-state index in [2.05, 4.69) is 0 Å². The highest BCUT2D eigenvalue weighted by Crippen LogP contribution is 2.28. The SMILES string of the molecule is CCN(CC)S(=O)(=O)N(C)[C@@H]1CCC[C@H](Oc2ccccc2)[C@H]1O. The predicted octanol–water partition coefficient (Wildman–Crippen LogP) is 1.87. The molecule has 0 aromatic heterocycles. The molecule has 3 atom stereocenters. The minimum absolute atomic E-state index is 0.402. The van der Waals surface area contributed by atoms with Gasteiger partial charge in [-0.15, -0.1) is 0 Å². The van der Waals surface area contributed by atoms with Crippen LogP contribution in [0.15, 0.2) is 30.3 Å². The average Bonchev–Trinajstić information content (AvgIpc) is 2.58. The Labute approximate surface area is 145 Å². The Hall–Kier alpha value is -1.15. The second-order valence-electron chi connectivity index (χ2n) is 6.07. The average molecular weight is 356 g/mol. The van der Waals surface area contributed by atoms with Gasteiger partial charge < -0.3 is 9.84 Å². The number of aliphatic hydroxyl groups excluding tert-OH is 1. The molecular formula is C17H28N2O4S. The predicted molar refractivity (Wildman–Crippen MR) is 94.1 cm³/mol. The molecule has 7 heteroatoms. The van der Waals surface area contributed by atoms with E-state index in [0.717, 1.165) is 6.42 Å². The van der Waals surface area contributed by atoms with E-state index in [-0.39, 0.29) is 0 Å². The van der Waals surface area contributed by atoms with Crippen molar-refractivity contribution in [1.82, 2.24) is 8.61 Å². The van der Waals surface area contributed by atoms with Crippen molar-refractivity contribution in [2.75, 3.05) is 20.1 Å². The molecule has 1 aromatic rings. The second kappa shape index (κ2) is 8.29. The van der Waals surface area contributed by atoms with E-state index >= 15 is 0 Å². The Morgan fingerprint density at radius 3 is 2.38 bits per heavy atom. The van der Waals surface area contributed by atoms with Crippen molar-refractivity contribution in [3.05, 3.63) is 30.3 Å². The summed E-state index contributed by atoms with van der Waals surface area (Å²) in [5.74, 6) is 0.691. The summed E-state index contributed by atoms with van der Waals surface area (Å²) >= 11 is 0. The van der Waals surface area contributed by atoms with Crippen LogP contribution in [0.2, 0.25) is 0 Å². The van der Waals surface area contributed by atoms with Crippen LogP contribution in [0.5, 0.6) is 5.75 Å². The van der Waals surface area contributed by atoms with Gasteiger partial charge in [-0.1, -0.05) is 32.0 Å². The van der Waals surface area contributed by atoms with Crippen LogP contribution in [0, 0.1) is 0 Å². The maximum absolute atomic E-state index is 12.7. The number of ether oxygens (including phenoxy) is 1. The van der Waals surface area contributed by atoms with Crippen LogP contribution < -0.4 is 4.74 Å². The Bertz CT molecular complexity index is 604. The highest BCUT2D eigenvalue weighted by molar-refractivity contribution is 7.86. The highest BCUT2D eigenvalue weighted by atomic mass is 32.2. The zero-order valence-corrected chi connectivity index (χ0v) is 15.4. The van der Waals surface area contributed by atoms with Gasteiger partial charge in [0.25, 0.3) is 10.2 Å². The first-order valence-electron chi connectivity index (χ1n) is 8.54. The Morgan fingerprint density at radius 1 is 1.17 bits per heavy atom. The number of para-hydroxylation sites is 1. The molecule has 24 heavy (non-hydrogen) atoms. The van der Waals surface area contributed by atoms with Gasteiger partial charge in [-0.05, 0) is 31.4 Å². The number of likely N-dealkylation sites (N-methyl/N-ethyl adjacent to an activating group) is 1. The summed E-state index contributed by atoms with van der Waals surface area (Å²) in [4.78, 5) is 0. The van der Waals surface area contributed by atoms with Crippen molar-refractivity contribution in [1.29, 1.82) is 0 Å². The Kier molecular flexibility index (Phi) is 6.62. The number of hydrogen-bond donors (Lipinski definition) is 1. The molecule has 1 aliphatic carbocycles. The second-order valence-corrected chi connectivity index (χ2v) is 8.05. The molecule has 0 aliphatic heterocycles. The summed E-state index contributed by atoms with van der Waals surface area (Å²) in [5.41, 5.74) is 0. The van der Waals surface area contributed by atoms with E-state index in [1.807, 2.05) is 44.2 Å². The summed E-state index contributed by atoms with van der Waals surface area (Å²) in [6, 6.07) is 8.85. The standard InChI is InChI=1S/C17H28N2O4S/c1-4-19(5-2)24(21,22)18(3)15-12-9-13-16(17(15)20)23-14-10-7-6-8-11-14/h6-8,10-11,15-17,20H,4-5,9,12-13H2,1-3H3/t15-,16+,17+/m1/s1. The van der Waals surface area contributed by atoms with E-state index in [4.69, 9.17) is 4.74 Å². The van der Waals surface area contributed by atoms with Crippen molar-refractivity contribution in [3.63, 3.8) is 0 Å². The Morgan fingerprint density at radius 2 is 1.79 bits per heavy atom. The van der Waals surface area contributed by atoms with Crippen LogP contribution in [0.4, 0.5) is 0 Å². The van der Waals surface area contributed by atoms with Crippen molar-refractivity contribution in [2.24, 2.45) is 0 Å². The van der Waals surface area contributed by atoms with Crippen molar-refractivity contribution < 1.29 is 18.3 Å². The molecule has 1 aromatic carbocycles. The molecule has 2 rings (SSSR count). The van der Waals surface area contributed by atoms with Gasteiger partial charge in [0, 0.05) is 20.1 Å².